The van der Waals surface area contributed by atoms with Gasteiger partial charge in [-0.3, -0.25) is 0 Å². The molecule has 0 aliphatic heterocycles. The van der Waals surface area contributed by atoms with Crippen LogP contribution in [0.4, 0.5) is 0 Å². The van der Waals surface area contributed by atoms with Crippen LogP contribution in [0.3, 0.4) is 0 Å². The lowest BCUT2D eigenvalue weighted by molar-refractivity contribution is 1.55. The first-order valence-electron chi connectivity index (χ1n) is 5.26. The summed E-state index contributed by atoms with van der Waals surface area (Å²) in [7, 11) is 0. The monoisotopic (exact) mass is 267 g/mol. The van der Waals surface area contributed by atoms with Crippen molar-refractivity contribution in [1.29, 1.82) is 5.26 Å². The van der Waals surface area contributed by atoms with Gasteiger partial charge in [-0.2, -0.15) is 5.26 Å². The number of hydrogen-bond donors (Lipinski definition) is 0. The van der Waals surface area contributed by atoms with Crippen LogP contribution in [0.25, 0.3) is 0 Å². The molecule has 0 aliphatic rings. The molecule has 0 rings (SSSR count). The van der Waals surface area contributed by atoms with Crippen molar-refractivity contribution < 1.29 is 0 Å². The van der Waals surface area contributed by atoms with Crippen LogP contribution in [0, 0.1) is 130 Å². The number of rotatable bonds is 0. The van der Waals surface area contributed by atoms with Gasteiger partial charge in [0.2, 0.25) is 0 Å². The Morgan fingerprint density at radius 2 is 0.591 bits per heavy atom. The van der Waals surface area contributed by atoms with Gasteiger partial charge in [-0.1, -0.05) is 0 Å². The molecule has 1 nitrogen and oxygen atoms in total. The lowest BCUT2D eigenvalue weighted by atomic mass is 10.4. The molecule has 0 saturated heterocycles. The highest BCUT2D eigenvalue weighted by molar-refractivity contribution is 5.47. The molecule has 0 aliphatic carbocycles. The van der Waals surface area contributed by atoms with E-state index in [0.717, 1.165) is 0 Å². The van der Waals surface area contributed by atoms with Crippen LogP contribution in [0.1, 0.15) is 0 Å². The summed E-state index contributed by atoms with van der Waals surface area (Å²) in [4.78, 5) is 0. The predicted octanol–water partition coefficient (Wildman–Crippen LogP) is 0.174. The second-order valence-electron chi connectivity index (χ2n) is 2.51. The molecular weight excluding hydrogens is 266 g/mol. The zero-order chi connectivity index (χ0) is 16.1. The SMILES string of the molecule is C#CC#CC#CC#CC#CC#CC#CC#CC#CC#CC#N. The average Bonchev–Trinajstić information content (AvgIpc) is 2.54. The molecule has 22 heavy (non-hydrogen) atoms. The fourth-order valence-corrected chi connectivity index (χ4v) is 0.564. The maximum absolute atomic E-state index is 8.10. The Labute approximate surface area is 130 Å². The topological polar surface area (TPSA) is 23.8 Å². The van der Waals surface area contributed by atoms with E-state index in [1.807, 2.05) is 0 Å². The van der Waals surface area contributed by atoms with Crippen LogP contribution in [-0.4, -0.2) is 0 Å². The number of terminal acetylenes is 1. The maximum Gasteiger partial charge on any atom is 0.153 e. The lowest BCUT2D eigenvalue weighted by Gasteiger charge is -1.56. The molecule has 0 N–H and O–H groups in total. The minimum absolute atomic E-state index is 1.62. The van der Waals surface area contributed by atoms with Crippen molar-refractivity contribution >= 4 is 0 Å². The number of hydrogen-bond acceptors (Lipinski definition) is 1. The molecule has 0 heterocycles. The van der Waals surface area contributed by atoms with E-state index in [4.69, 9.17) is 11.7 Å². The van der Waals surface area contributed by atoms with Gasteiger partial charge in [0, 0.05) is 65.1 Å². The molecule has 90 valence electrons. The van der Waals surface area contributed by atoms with Crippen LogP contribution >= 0.6 is 0 Å². The highest BCUT2D eigenvalue weighted by Gasteiger charge is 1.58. The quantitative estimate of drug-likeness (QED) is 0.574. The molecule has 0 aromatic rings. The fraction of sp³-hybridized carbons (Fsp3) is 0. The van der Waals surface area contributed by atoms with Gasteiger partial charge in [0.1, 0.15) is 0 Å². The third kappa shape index (κ3) is 15.1. The van der Waals surface area contributed by atoms with Crippen molar-refractivity contribution in [2.45, 2.75) is 0 Å². The summed E-state index contributed by atoms with van der Waals surface area (Å²) in [6.45, 7) is 0. The van der Waals surface area contributed by atoms with E-state index in [-0.39, 0.29) is 0 Å². The molecule has 0 unspecified atom stereocenters. The van der Waals surface area contributed by atoms with E-state index in [9.17, 15) is 0 Å². The van der Waals surface area contributed by atoms with Gasteiger partial charge >= 0.3 is 0 Å². The minimum Gasteiger partial charge on any atom is -0.183 e. The van der Waals surface area contributed by atoms with Crippen LogP contribution < -0.4 is 0 Å². The molecule has 0 radical (unpaired) electrons. The van der Waals surface area contributed by atoms with Crippen molar-refractivity contribution in [2.75, 3.05) is 0 Å². The normalized spacial score (nSPS) is 3.73. The first kappa shape index (κ1) is 17.1. The van der Waals surface area contributed by atoms with Gasteiger partial charge < -0.3 is 0 Å². The lowest BCUT2D eigenvalue weighted by Crippen LogP contribution is -1.56. The van der Waals surface area contributed by atoms with Gasteiger partial charge in [0.15, 0.2) is 6.07 Å². The van der Waals surface area contributed by atoms with Gasteiger partial charge in [-0.05, 0) is 47.4 Å². The molecule has 0 atom stereocenters. The van der Waals surface area contributed by atoms with Gasteiger partial charge in [-0.25, -0.2) is 0 Å². The minimum atomic E-state index is 1.62. The molecule has 1 heteroatoms. The van der Waals surface area contributed by atoms with E-state index in [2.05, 4.69) is 112 Å². The van der Waals surface area contributed by atoms with Crippen LogP contribution in [0.2, 0.25) is 0 Å². The zero-order valence-electron chi connectivity index (χ0n) is 11.0. The van der Waals surface area contributed by atoms with Crippen molar-refractivity contribution in [1.82, 2.24) is 0 Å². The maximum atomic E-state index is 8.10. The molecule has 0 saturated carbocycles. The van der Waals surface area contributed by atoms with Crippen LogP contribution in [-0.2, 0) is 0 Å². The largest absolute Gasteiger partial charge is 0.183 e. The second-order valence-corrected chi connectivity index (χ2v) is 2.51. The third-order valence-corrected chi connectivity index (χ3v) is 1.19. The van der Waals surface area contributed by atoms with E-state index in [0.29, 0.717) is 0 Å². The van der Waals surface area contributed by atoms with Crippen molar-refractivity contribution in [3.63, 3.8) is 0 Å². The average molecular weight is 267 g/mol. The summed E-state index contributed by atoms with van der Waals surface area (Å²) in [5.41, 5.74) is 0. The summed E-state index contributed by atoms with van der Waals surface area (Å²) in [5, 5.41) is 8.10. The van der Waals surface area contributed by atoms with Crippen LogP contribution in [0.5, 0.6) is 0 Å². The predicted molar refractivity (Wildman–Crippen MR) is 84.4 cm³/mol. The first-order chi connectivity index (χ1) is 10.9. The Bertz CT molecular complexity index is 985. The molecule has 0 bridgehead atoms. The fourth-order valence-electron chi connectivity index (χ4n) is 0.564. The Balaban J connectivity index is 4.38. The molecule has 0 amide bonds. The van der Waals surface area contributed by atoms with Gasteiger partial charge in [0.25, 0.3) is 0 Å². The molecule has 0 aromatic carbocycles. The van der Waals surface area contributed by atoms with E-state index in [1.165, 1.54) is 0 Å². The molecule has 0 spiro atoms. The molecular formula is C21HN. The summed E-state index contributed by atoms with van der Waals surface area (Å²) in [6.07, 6.45) is 4.89. The molecule has 0 fully saturated rings. The van der Waals surface area contributed by atoms with Gasteiger partial charge in [0.05, 0.1) is 0 Å². The van der Waals surface area contributed by atoms with E-state index < -0.39 is 0 Å². The summed E-state index contributed by atoms with van der Waals surface area (Å²) < 4.78 is 0. The Morgan fingerprint density at radius 3 is 0.818 bits per heavy atom. The van der Waals surface area contributed by atoms with Gasteiger partial charge in [-0.15, -0.1) is 6.42 Å². The summed E-state index contributed by atoms with van der Waals surface area (Å²) >= 11 is 0. The number of nitrogens with zero attached hydrogens (tertiary/aromatic N) is 1. The summed E-state index contributed by atoms with van der Waals surface area (Å²) in [6, 6.07) is 1.62. The highest BCUT2D eigenvalue weighted by Crippen LogP contribution is 1.58. The Morgan fingerprint density at radius 1 is 0.364 bits per heavy atom. The highest BCUT2D eigenvalue weighted by atomic mass is 14.2. The number of nitriles is 1. The smallest absolute Gasteiger partial charge is 0.153 e. The van der Waals surface area contributed by atoms with Crippen molar-refractivity contribution in [2.24, 2.45) is 0 Å². The summed E-state index contributed by atoms with van der Waals surface area (Å²) in [5.74, 6) is 45.4. The van der Waals surface area contributed by atoms with E-state index in [1.54, 1.807) is 6.07 Å². The van der Waals surface area contributed by atoms with Crippen molar-refractivity contribution in [3.8, 4) is 125 Å². The molecule has 0 aromatic heterocycles. The van der Waals surface area contributed by atoms with Crippen LogP contribution in [0.15, 0.2) is 0 Å². The third-order valence-electron chi connectivity index (χ3n) is 1.19. The second kappa shape index (κ2) is 16.1. The first-order valence-corrected chi connectivity index (χ1v) is 5.26. The Hall–Kier alpha value is -4.91. The van der Waals surface area contributed by atoms with E-state index >= 15 is 0 Å². The Kier molecular flexibility index (Phi) is 12.5. The standard InChI is InChI=1S/C21HN/c1-2-3-4-5-6-7-8-9-10-11-12-13-14-15-16-17-18-19-20-21-22/h1H. The van der Waals surface area contributed by atoms with Crippen molar-refractivity contribution in [3.05, 3.63) is 0 Å². The zero-order valence-corrected chi connectivity index (χ0v) is 11.0.